The number of alkyl halides is 4. The summed E-state index contributed by atoms with van der Waals surface area (Å²) in [5.74, 6) is 0.0249. The molecular formula is C19H20F4N6O2S2. The van der Waals surface area contributed by atoms with Gasteiger partial charge >= 0.3 is 0 Å². The highest BCUT2D eigenvalue weighted by Gasteiger charge is 2.17. The van der Waals surface area contributed by atoms with E-state index in [0.29, 0.717) is 11.1 Å². The fraction of sp³-hybridized carbons (Fsp3) is 0.368. The van der Waals surface area contributed by atoms with Gasteiger partial charge in [0.2, 0.25) is 12.4 Å². The van der Waals surface area contributed by atoms with Crippen LogP contribution in [0.3, 0.4) is 0 Å². The lowest BCUT2D eigenvalue weighted by Crippen LogP contribution is -2.08. The van der Waals surface area contributed by atoms with E-state index in [1.807, 2.05) is 0 Å². The van der Waals surface area contributed by atoms with Crippen molar-refractivity contribution in [1.82, 2.24) is 9.97 Å². The molecule has 0 fully saturated rings. The van der Waals surface area contributed by atoms with Gasteiger partial charge in [-0.25, -0.2) is 26.0 Å². The molecule has 0 bridgehead atoms. The van der Waals surface area contributed by atoms with Crippen molar-refractivity contribution in [3.63, 3.8) is 0 Å². The maximum atomic E-state index is 12.3. The minimum absolute atomic E-state index is 0.0249. The van der Waals surface area contributed by atoms with E-state index in [4.69, 9.17) is 10.5 Å². The predicted molar refractivity (Wildman–Crippen MR) is 115 cm³/mol. The van der Waals surface area contributed by atoms with Crippen LogP contribution in [0, 0.1) is 22.9 Å². The highest BCUT2D eigenvalue weighted by atomic mass is 32.2. The van der Waals surface area contributed by atoms with E-state index in [1.165, 1.54) is 61.6 Å². The van der Waals surface area contributed by atoms with Crippen molar-refractivity contribution in [2.45, 2.75) is 30.8 Å². The van der Waals surface area contributed by atoms with Crippen LogP contribution in [0.15, 0.2) is 45.4 Å². The molecule has 0 spiro atoms. The van der Waals surface area contributed by atoms with Crippen LogP contribution in [0.2, 0.25) is 0 Å². The van der Waals surface area contributed by atoms with Gasteiger partial charge in [0.15, 0.2) is 0 Å². The number of hydrogen-bond acceptors (Lipinski definition) is 8. The van der Waals surface area contributed by atoms with Gasteiger partial charge in [-0.15, -0.1) is 8.73 Å². The third-order valence-electron chi connectivity index (χ3n) is 4.12. The molecule has 2 rings (SSSR count). The SMILES string of the molecule is CC(c1ccc(C(F)F)nc1)S(C)(=O)=NC#N.CS(=O)(Cc1ccc(C(F)F)nc1)=NC#N. The quantitative estimate of drug-likeness (QED) is 0.412. The number of nitriles is 2. The van der Waals surface area contributed by atoms with Gasteiger partial charge in [-0.3, -0.25) is 9.97 Å². The van der Waals surface area contributed by atoms with Gasteiger partial charge in [-0.2, -0.15) is 10.5 Å². The summed E-state index contributed by atoms with van der Waals surface area (Å²) in [7, 11) is -5.34. The van der Waals surface area contributed by atoms with Crippen molar-refractivity contribution in [3.8, 4) is 12.4 Å². The number of halogens is 4. The van der Waals surface area contributed by atoms with Crippen molar-refractivity contribution in [3.05, 3.63) is 59.2 Å². The Balaban J connectivity index is 0.000000331. The average Bonchev–Trinajstić information content (AvgIpc) is 2.73. The fourth-order valence-electron chi connectivity index (χ4n) is 2.28. The monoisotopic (exact) mass is 504 g/mol. The molecule has 3 atom stereocenters. The van der Waals surface area contributed by atoms with E-state index in [1.54, 1.807) is 6.92 Å². The van der Waals surface area contributed by atoms with Crippen LogP contribution < -0.4 is 0 Å². The van der Waals surface area contributed by atoms with Gasteiger partial charge in [-0.05, 0) is 30.2 Å². The molecule has 3 unspecified atom stereocenters. The zero-order valence-electron chi connectivity index (χ0n) is 17.7. The number of hydrogen-bond donors (Lipinski definition) is 0. The van der Waals surface area contributed by atoms with Crippen molar-refractivity contribution < 1.29 is 26.0 Å². The Kier molecular flexibility index (Phi) is 10.3. The zero-order chi connectivity index (χ0) is 25.2. The summed E-state index contributed by atoms with van der Waals surface area (Å²) in [6.07, 6.45) is 2.85. The van der Waals surface area contributed by atoms with E-state index in [-0.39, 0.29) is 17.1 Å². The molecule has 2 aromatic heterocycles. The molecule has 2 heterocycles. The highest BCUT2D eigenvalue weighted by Crippen LogP contribution is 2.24. The first-order chi connectivity index (χ1) is 15.3. The maximum Gasteiger partial charge on any atom is 0.280 e. The van der Waals surface area contributed by atoms with Gasteiger partial charge in [0.25, 0.3) is 12.9 Å². The molecular weight excluding hydrogens is 484 g/mol. The summed E-state index contributed by atoms with van der Waals surface area (Å²) in [6.45, 7) is 1.61. The molecule has 0 aliphatic heterocycles. The van der Waals surface area contributed by atoms with Crippen LogP contribution in [0.1, 0.15) is 47.5 Å². The normalized spacial score (nSPS) is 15.1. The van der Waals surface area contributed by atoms with Crippen molar-refractivity contribution in [2.24, 2.45) is 8.73 Å². The molecule has 0 saturated carbocycles. The molecule has 0 amide bonds. The van der Waals surface area contributed by atoms with E-state index < -0.39 is 37.6 Å². The van der Waals surface area contributed by atoms with Crippen molar-refractivity contribution in [1.29, 1.82) is 10.5 Å². The summed E-state index contributed by atoms with van der Waals surface area (Å²) in [5, 5.41) is 16.1. The second kappa shape index (κ2) is 12.2. The number of pyridine rings is 2. The van der Waals surface area contributed by atoms with Gasteiger partial charge in [0.1, 0.15) is 11.4 Å². The Hall–Kier alpha value is -3.10. The third-order valence-corrected chi connectivity index (χ3v) is 7.49. The molecule has 178 valence electrons. The third kappa shape index (κ3) is 9.11. The summed E-state index contributed by atoms with van der Waals surface area (Å²) < 4.78 is 79.1. The Morgan fingerprint density at radius 2 is 1.42 bits per heavy atom. The molecule has 33 heavy (non-hydrogen) atoms. The minimum atomic E-state index is -2.71. The Morgan fingerprint density at radius 3 is 1.82 bits per heavy atom. The van der Waals surface area contributed by atoms with Crippen LogP contribution in [0.25, 0.3) is 0 Å². The van der Waals surface area contributed by atoms with Gasteiger partial charge in [0.05, 0.1) is 30.5 Å². The predicted octanol–water partition coefficient (Wildman–Crippen LogP) is 4.76. The molecule has 14 heteroatoms. The first-order valence-electron chi connectivity index (χ1n) is 8.97. The number of rotatable bonds is 6. The smallest absolute Gasteiger partial charge is 0.255 e. The Bertz CT molecular complexity index is 1250. The first kappa shape index (κ1) is 27.9. The molecule has 2 aromatic rings. The molecule has 0 saturated heterocycles. The molecule has 8 nitrogen and oxygen atoms in total. The zero-order valence-corrected chi connectivity index (χ0v) is 19.4. The Labute approximate surface area is 189 Å². The molecule has 0 aliphatic rings. The second-order valence-electron chi connectivity index (χ2n) is 6.70. The first-order valence-corrected chi connectivity index (χ1v) is 13.0. The molecule has 0 N–H and O–H groups in total. The van der Waals surface area contributed by atoms with Gasteiger partial charge in [-0.1, -0.05) is 12.1 Å². The lowest BCUT2D eigenvalue weighted by molar-refractivity contribution is 0.145. The van der Waals surface area contributed by atoms with Gasteiger partial charge < -0.3 is 0 Å². The van der Waals surface area contributed by atoms with Crippen molar-refractivity contribution in [2.75, 3.05) is 12.5 Å². The lowest BCUT2D eigenvalue weighted by atomic mass is 10.2. The fourth-order valence-corrected chi connectivity index (χ4v) is 4.27. The number of aromatic nitrogens is 2. The number of nitrogens with zero attached hydrogens (tertiary/aromatic N) is 6. The molecule has 0 radical (unpaired) electrons. The maximum absolute atomic E-state index is 12.3. The van der Waals surface area contributed by atoms with Crippen LogP contribution in [0.5, 0.6) is 0 Å². The Morgan fingerprint density at radius 1 is 0.909 bits per heavy atom. The van der Waals surface area contributed by atoms with Crippen LogP contribution in [-0.4, -0.2) is 30.9 Å². The van der Waals surface area contributed by atoms with Crippen LogP contribution in [0.4, 0.5) is 17.6 Å². The molecule has 0 aliphatic carbocycles. The summed E-state index contributed by atoms with van der Waals surface area (Å²) >= 11 is 0. The van der Waals surface area contributed by atoms with E-state index in [9.17, 15) is 26.0 Å². The lowest BCUT2D eigenvalue weighted by Gasteiger charge is -2.12. The van der Waals surface area contributed by atoms with E-state index in [0.717, 1.165) is 0 Å². The largest absolute Gasteiger partial charge is 0.280 e. The summed E-state index contributed by atoms with van der Waals surface area (Å²) in [6, 6.07) is 5.18. The summed E-state index contributed by atoms with van der Waals surface area (Å²) in [4.78, 5) is 7.10. The minimum Gasteiger partial charge on any atom is -0.255 e. The summed E-state index contributed by atoms with van der Waals surface area (Å²) in [5.41, 5.74) is 0.362. The average molecular weight is 505 g/mol. The van der Waals surface area contributed by atoms with Gasteiger partial charge in [0, 0.05) is 24.9 Å². The second-order valence-corrected chi connectivity index (χ2v) is 11.7. The molecule has 0 aromatic carbocycles. The van der Waals surface area contributed by atoms with Crippen molar-refractivity contribution >= 4 is 19.5 Å². The van der Waals surface area contributed by atoms with E-state index in [2.05, 4.69) is 18.7 Å². The topological polar surface area (TPSA) is 132 Å². The van der Waals surface area contributed by atoms with E-state index >= 15 is 0 Å². The van der Waals surface area contributed by atoms with Crippen LogP contribution in [-0.2, 0) is 25.2 Å². The highest BCUT2D eigenvalue weighted by molar-refractivity contribution is 7.93. The standard InChI is InChI=1S/C10H11F2N3OS.C9H9F2N3OS/c1-7(17(2,16)15-6-13)8-3-4-9(10(11)12)14-5-8;1-16(15,14-6-12)5-7-2-3-8(9(10)11)13-4-7/h3-5,7,10H,1-2H3;2-4,9H,5H2,1H3. The van der Waals surface area contributed by atoms with Crippen LogP contribution >= 0.6 is 0 Å².